The van der Waals surface area contributed by atoms with Crippen LogP contribution in [0.2, 0.25) is 0 Å². The summed E-state index contributed by atoms with van der Waals surface area (Å²) in [6, 6.07) is 12.9. The summed E-state index contributed by atoms with van der Waals surface area (Å²) in [5.74, 6) is 0.160. The molecule has 0 aliphatic rings. The summed E-state index contributed by atoms with van der Waals surface area (Å²) < 4.78 is 0. The van der Waals surface area contributed by atoms with E-state index in [1.54, 1.807) is 23.5 Å². The number of nitrogens with zero attached hydrogens (tertiary/aromatic N) is 1. The lowest BCUT2D eigenvalue weighted by atomic mass is 10.1. The lowest BCUT2D eigenvalue weighted by molar-refractivity contribution is 0.454. The molecular formula is C16H14N2O2S. The normalized spacial score (nSPS) is 10.7. The van der Waals surface area contributed by atoms with Crippen LogP contribution in [-0.4, -0.2) is 15.1 Å². The third-order valence-corrected chi connectivity index (χ3v) is 4.44. The minimum atomic E-state index is -0.338. The molecule has 2 N–H and O–H groups in total. The van der Waals surface area contributed by atoms with E-state index in [0.717, 1.165) is 11.3 Å². The van der Waals surface area contributed by atoms with Crippen molar-refractivity contribution in [2.75, 3.05) is 0 Å². The molecule has 5 heteroatoms. The average Bonchev–Trinajstić information content (AvgIpc) is 2.96. The van der Waals surface area contributed by atoms with Crippen molar-refractivity contribution in [3.05, 3.63) is 57.7 Å². The summed E-state index contributed by atoms with van der Waals surface area (Å²) >= 11 is 1.56. The molecule has 0 unspecified atom stereocenters. The van der Waals surface area contributed by atoms with Crippen LogP contribution >= 0.6 is 11.3 Å². The first-order valence-electron chi connectivity index (χ1n) is 6.67. The quantitative estimate of drug-likeness (QED) is 0.778. The molecule has 0 aliphatic carbocycles. The van der Waals surface area contributed by atoms with Gasteiger partial charge >= 0.3 is 0 Å². The Morgan fingerprint density at radius 3 is 2.57 bits per heavy atom. The fourth-order valence-corrected chi connectivity index (χ4v) is 3.03. The Balaban J connectivity index is 2.10. The summed E-state index contributed by atoms with van der Waals surface area (Å²) in [4.78, 5) is 21.2. The van der Waals surface area contributed by atoms with Crippen LogP contribution in [0.25, 0.3) is 21.8 Å². The monoisotopic (exact) mass is 298 g/mol. The van der Waals surface area contributed by atoms with Crippen LogP contribution in [0.4, 0.5) is 0 Å². The zero-order valence-corrected chi connectivity index (χ0v) is 12.3. The zero-order chi connectivity index (χ0) is 14.8. The van der Waals surface area contributed by atoms with Gasteiger partial charge in [0.25, 0.3) is 5.56 Å². The van der Waals surface area contributed by atoms with Crippen molar-refractivity contribution in [2.24, 2.45) is 0 Å². The molecule has 2 heterocycles. The Bertz CT molecular complexity index is 822. The second kappa shape index (κ2) is 5.54. The van der Waals surface area contributed by atoms with Gasteiger partial charge in [-0.3, -0.25) is 4.79 Å². The van der Waals surface area contributed by atoms with Crippen molar-refractivity contribution in [3.8, 4) is 27.7 Å². The minimum absolute atomic E-state index is 0.201. The van der Waals surface area contributed by atoms with Gasteiger partial charge in [-0.05, 0) is 24.1 Å². The van der Waals surface area contributed by atoms with Gasteiger partial charge in [-0.1, -0.05) is 37.3 Å². The molecule has 0 bridgehead atoms. The average molecular weight is 298 g/mol. The third kappa shape index (κ3) is 2.60. The van der Waals surface area contributed by atoms with Crippen LogP contribution in [0.3, 0.4) is 0 Å². The first-order valence-corrected chi connectivity index (χ1v) is 7.48. The van der Waals surface area contributed by atoms with E-state index in [1.165, 1.54) is 4.88 Å². The van der Waals surface area contributed by atoms with Crippen molar-refractivity contribution in [1.82, 2.24) is 9.97 Å². The van der Waals surface area contributed by atoms with E-state index in [2.05, 4.69) is 16.9 Å². The Morgan fingerprint density at radius 1 is 1.19 bits per heavy atom. The number of benzene rings is 1. The number of aryl methyl sites for hydroxylation is 1. The van der Waals surface area contributed by atoms with Crippen molar-refractivity contribution >= 4 is 11.3 Å². The van der Waals surface area contributed by atoms with Crippen LogP contribution in [-0.2, 0) is 6.42 Å². The fourth-order valence-electron chi connectivity index (χ4n) is 2.14. The molecule has 0 saturated heterocycles. The molecule has 3 rings (SSSR count). The second-order valence-corrected chi connectivity index (χ2v) is 5.77. The van der Waals surface area contributed by atoms with Crippen LogP contribution < -0.4 is 5.56 Å². The highest BCUT2D eigenvalue weighted by Gasteiger charge is 2.14. The van der Waals surface area contributed by atoms with Crippen molar-refractivity contribution in [3.63, 3.8) is 0 Å². The molecule has 3 aromatic rings. The summed E-state index contributed by atoms with van der Waals surface area (Å²) in [5, 5.41) is 10.1. The number of hydrogen-bond donors (Lipinski definition) is 2. The van der Waals surface area contributed by atoms with E-state index >= 15 is 0 Å². The molecule has 0 spiro atoms. The molecule has 21 heavy (non-hydrogen) atoms. The molecule has 106 valence electrons. The standard InChI is InChI=1S/C16H14N2O2S/c1-2-11-8-9-12(21-11)14-17-15(19)13(16(20)18-14)10-6-4-3-5-7-10/h3-9H,2H2,1H3,(H2,17,18,19,20). The molecular weight excluding hydrogens is 284 g/mol. The van der Waals surface area contributed by atoms with Gasteiger partial charge in [0.05, 0.1) is 4.88 Å². The first kappa shape index (κ1) is 13.6. The summed E-state index contributed by atoms with van der Waals surface area (Å²) in [6.07, 6.45) is 0.934. The Kier molecular flexibility index (Phi) is 3.58. The number of H-pyrrole nitrogens is 1. The minimum Gasteiger partial charge on any atom is -0.493 e. The topological polar surface area (TPSA) is 66.0 Å². The molecule has 4 nitrogen and oxygen atoms in total. The molecule has 0 fully saturated rings. The summed E-state index contributed by atoms with van der Waals surface area (Å²) in [5.41, 5.74) is 0.512. The lowest BCUT2D eigenvalue weighted by Gasteiger charge is -2.05. The van der Waals surface area contributed by atoms with Gasteiger partial charge in [0, 0.05) is 4.88 Å². The van der Waals surface area contributed by atoms with Gasteiger partial charge in [-0.15, -0.1) is 11.3 Å². The maximum Gasteiger partial charge on any atom is 0.262 e. The SMILES string of the molecule is CCc1ccc(-c2nc(O)c(-c3ccccc3)c(=O)[nH]2)s1. The number of hydrogen-bond acceptors (Lipinski definition) is 4. The predicted octanol–water partition coefficient (Wildman–Crippen LogP) is 3.43. The largest absolute Gasteiger partial charge is 0.493 e. The van der Waals surface area contributed by atoms with Gasteiger partial charge < -0.3 is 10.1 Å². The Hall–Kier alpha value is -2.40. The molecule has 0 atom stereocenters. The predicted molar refractivity (Wildman–Crippen MR) is 84.6 cm³/mol. The number of aromatic hydroxyl groups is 1. The maximum absolute atomic E-state index is 12.3. The van der Waals surface area contributed by atoms with Gasteiger partial charge in [0.15, 0.2) is 5.82 Å². The summed E-state index contributed by atoms with van der Waals surface area (Å²) in [6.45, 7) is 2.07. The van der Waals surface area contributed by atoms with Gasteiger partial charge in [0.2, 0.25) is 5.88 Å². The Labute approximate surface area is 125 Å². The lowest BCUT2D eigenvalue weighted by Crippen LogP contribution is -2.11. The molecule has 0 radical (unpaired) electrons. The smallest absolute Gasteiger partial charge is 0.262 e. The van der Waals surface area contributed by atoms with Crippen LogP contribution in [0.5, 0.6) is 5.88 Å². The summed E-state index contributed by atoms with van der Waals surface area (Å²) in [7, 11) is 0. The Morgan fingerprint density at radius 2 is 1.95 bits per heavy atom. The number of aromatic nitrogens is 2. The molecule has 2 aromatic heterocycles. The van der Waals surface area contributed by atoms with Crippen molar-refractivity contribution < 1.29 is 5.11 Å². The fraction of sp³-hybridized carbons (Fsp3) is 0.125. The van der Waals surface area contributed by atoms with Crippen molar-refractivity contribution in [2.45, 2.75) is 13.3 Å². The highest BCUT2D eigenvalue weighted by molar-refractivity contribution is 7.15. The highest BCUT2D eigenvalue weighted by atomic mass is 32.1. The second-order valence-electron chi connectivity index (χ2n) is 4.60. The maximum atomic E-state index is 12.3. The van der Waals surface area contributed by atoms with Crippen LogP contribution in [0, 0.1) is 0 Å². The number of aromatic amines is 1. The molecule has 0 saturated carbocycles. The number of thiophene rings is 1. The molecule has 1 aromatic carbocycles. The van der Waals surface area contributed by atoms with Gasteiger partial charge in [0.1, 0.15) is 5.56 Å². The van der Waals surface area contributed by atoms with E-state index < -0.39 is 0 Å². The van der Waals surface area contributed by atoms with Crippen molar-refractivity contribution in [1.29, 1.82) is 0 Å². The highest BCUT2D eigenvalue weighted by Crippen LogP contribution is 2.29. The van der Waals surface area contributed by atoms with E-state index in [0.29, 0.717) is 11.4 Å². The van der Waals surface area contributed by atoms with E-state index in [-0.39, 0.29) is 17.0 Å². The first-order chi connectivity index (χ1) is 10.2. The van der Waals surface area contributed by atoms with Gasteiger partial charge in [-0.2, -0.15) is 4.98 Å². The van der Waals surface area contributed by atoms with E-state index in [1.807, 2.05) is 30.3 Å². The number of nitrogens with one attached hydrogen (secondary N) is 1. The van der Waals surface area contributed by atoms with Crippen LogP contribution in [0.15, 0.2) is 47.3 Å². The van der Waals surface area contributed by atoms with Gasteiger partial charge in [-0.25, -0.2) is 0 Å². The molecule has 0 amide bonds. The third-order valence-electron chi connectivity index (χ3n) is 3.21. The van der Waals surface area contributed by atoms with Crippen LogP contribution in [0.1, 0.15) is 11.8 Å². The van der Waals surface area contributed by atoms with E-state index in [9.17, 15) is 9.90 Å². The molecule has 0 aliphatic heterocycles. The van der Waals surface area contributed by atoms with E-state index in [4.69, 9.17) is 0 Å². The number of rotatable bonds is 3. The zero-order valence-electron chi connectivity index (χ0n) is 11.5.